The molecule has 130 valence electrons. The van der Waals surface area contributed by atoms with E-state index in [-0.39, 0.29) is 17.6 Å². The third-order valence-electron chi connectivity index (χ3n) is 4.46. The number of aromatic nitrogens is 1. The first kappa shape index (κ1) is 17.1. The Hall–Kier alpha value is -2.76. The standard InChI is InChI=1S/C19H20FN3O2/c1-22(13-10-14-8-11-21-12-9-14)19(25)17-6-7-18(24)23(17)16-4-2-15(20)3-5-16/h2-5,8-9,11-12,17H,6-7,10,13H2,1H3. The number of likely N-dealkylation sites (N-methyl/N-ethyl adjacent to an activating group) is 1. The molecule has 0 aliphatic carbocycles. The van der Waals surface area contributed by atoms with Gasteiger partial charge in [0.15, 0.2) is 0 Å². The van der Waals surface area contributed by atoms with Gasteiger partial charge >= 0.3 is 0 Å². The van der Waals surface area contributed by atoms with Gasteiger partial charge in [-0.25, -0.2) is 4.39 Å². The van der Waals surface area contributed by atoms with Crippen LogP contribution in [0.15, 0.2) is 48.8 Å². The average molecular weight is 341 g/mol. The summed E-state index contributed by atoms with van der Waals surface area (Å²) in [6.07, 6.45) is 4.98. The lowest BCUT2D eigenvalue weighted by molar-refractivity contribution is -0.131. The minimum atomic E-state index is -0.527. The van der Waals surface area contributed by atoms with E-state index in [9.17, 15) is 14.0 Å². The zero-order chi connectivity index (χ0) is 17.8. The monoisotopic (exact) mass is 341 g/mol. The number of amides is 2. The molecule has 0 saturated carbocycles. The molecule has 2 amide bonds. The van der Waals surface area contributed by atoms with Crippen molar-refractivity contribution in [3.8, 4) is 0 Å². The zero-order valence-corrected chi connectivity index (χ0v) is 14.1. The molecule has 3 rings (SSSR count). The van der Waals surface area contributed by atoms with Gasteiger partial charge in [-0.3, -0.25) is 19.5 Å². The lowest BCUT2D eigenvalue weighted by Crippen LogP contribution is -2.46. The van der Waals surface area contributed by atoms with E-state index in [1.54, 1.807) is 24.3 Å². The highest BCUT2D eigenvalue weighted by molar-refractivity contribution is 6.03. The Morgan fingerprint density at radius 2 is 1.92 bits per heavy atom. The fourth-order valence-electron chi connectivity index (χ4n) is 3.05. The topological polar surface area (TPSA) is 53.5 Å². The highest BCUT2D eigenvalue weighted by Crippen LogP contribution is 2.27. The van der Waals surface area contributed by atoms with Gasteiger partial charge < -0.3 is 4.90 Å². The predicted octanol–water partition coefficient (Wildman–Crippen LogP) is 2.42. The van der Waals surface area contributed by atoms with Gasteiger partial charge in [-0.1, -0.05) is 0 Å². The first-order valence-electron chi connectivity index (χ1n) is 8.28. The van der Waals surface area contributed by atoms with E-state index in [0.29, 0.717) is 25.1 Å². The number of benzene rings is 1. The van der Waals surface area contributed by atoms with E-state index in [1.807, 2.05) is 12.1 Å². The van der Waals surface area contributed by atoms with Gasteiger partial charge in [0.2, 0.25) is 11.8 Å². The van der Waals surface area contributed by atoms with Gasteiger partial charge in [0.05, 0.1) is 0 Å². The van der Waals surface area contributed by atoms with E-state index >= 15 is 0 Å². The number of nitrogens with zero attached hydrogens (tertiary/aromatic N) is 3. The lowest BCUT2D eigenvalue weighted by Gasteiger charge is -2.28. The van der Waals surface area contributed by atoms with Gasteiger partial charge in [-0.15, -0.1) is 0 Å². The molecule has 1 fully saturated rings. The van der Waals surface area contributed by atoms with E-state index in [1.165, 1.54) is 29.2 Å². The first-order chi connectivity index (χ1) is 12.1. The molecular formula is C19H20FN3O2. The molecule has 1 aliphatic heterocycles. The lowest BCUT2D eigenvalue weighted by atomic mass is 10.1. The molecule has 1 aliphatic rings. The van der Waals surface area contributed by atoms with Crippen molar-refractivity contribution < 1.29 is 14.0 Å². The third kappa shape index (κ3) is 3.84. The molecule has 1 saturated heterocycles. The van der Waals surface area contributed by atoms with Crippen LogP contribution >= 0.6 is 0 Å². The summed E-state index contributed by atoms with van der Waals surface area (Å²) in [5.74, 6) is -0.565. The molecule has 1 aromatic carbocycles. The Kier molecular flexibility index (Phi) is 5.07. The summed E-state index contributed by atoms with van der Waals surface area (Å²) in [4.78, 5) is 32.2. The second-order valence-corrected chi connectivity index (χ2v) is 6.16. The van der Waals surface area contributed by atoms with Crippen LogP contribution in [0.3, 0.4) is 0 Å². The van der Waals surface area contributed by atoms with Crippen LogP contribution in [0.4, 0.5) is 10.1 Å². The molecule has 2 aromatic rings. The minimum Gasteiger partial charge on any atom is -0.344 e. The quantitative estimate of drug-likeness (QED) is 0.839. The maximum absolute atomic E-state index is 13.1. The smallest absolute Gasteiger partial charge is 0.245 e. The molecular weight excluding hydrogens is 321 g/mol. The van der Waals surface area contributed by atoms with Gasteiger partial charge in [0.25, 0.3) is 0 Å². The molecule has 0 bridgehead atoms. The molecule has 0 N–H and O–H groups in total. The van der Waals surface area contributed by atoms with Gasteiger partial charge in [0.1, 0.15) is 11.9 Å². The number of carbonyl (C=O) groups is 2. The largest absolute Gasteiger partial charge is 0.344 e. The van der Waals surface area contributed by atoms with Crippen molar-refractivity contribution in [3.05, 3.63) is 60.2 Å². The fraction of sp³-hybridized carbons (Fsp3) is 0.316. The van der Waals surface area contributed by atoms with Crippen LogP contribution in [0.5, 0.6) is 0 Å². The van der Waals surface area contributed by atoms with Crippen molar-refractivity contribution in [2.75, 3.05) is 18.5 Å². The Bertz CT molecular complexity index is 749. The Morgan fingerprint density at radius 1 is 1.24 bits per heavy atom. The van der Waals surface area contributed by atoms with E-state index in [0.717, 1.165) is 12.0 Å². The second-order valence-electron chi connectivity index (χ2n) is 6.16. The number of carbonyl (C=O) groups excluding carboxylic acids is 2. The molecule has 1 unspecified atom stereocenters. The van der Waals surface area contributed by atoms with E-state index < -0.39 is 6.04 Å². The Labute approximate surface area is 146 Å². The van der Waals surface area contributed by atoms with Crippen molar-refractivity contribution in [3.63, 3.8) is 0 Å². The van der Waals surface area contributed by atoms with Crippen LogP contribution in [0, 0.1) is 5.82 Å². The highest BCUT2D eigenvalue weighted by atomic mass is 19.1. The third-order valence-corrected chi connectivity index (χ3v) is 4.46. The maximum atomic E-state index is 13.1. The number of hydrogen-bond acceptors (Lipinski definition) is 3. The molecule has 1 atom stereocenters. The number of hydrogen-bond donors (Lipinski definition) is 0. The molecule has 2 heterocycles. The SMILES string of the molecule is CN(CCc1ccncc1)C(=O)C1CCC(=O)N1c1ccc(F)cc1. The van der Waals surface area contributed by atoms with Crippen LogP contribution in [-0.4, -0.2) is 41.3 Å². The predicted molar refractivity (Wildman–Crippen MR) is 92.5 cm³/mol. The minimum absolute atomic E-state index is 0.0933. The highest BCUT2D eigenvalue weighted by Gasteiger charge is 2.38. The van der Waals surface area contributed by atoms with Crippen molar-refractivity contribution in [1.82, 2.24) is 9.88 Å². The Balaban J connectivity index is 1.69. The number of rotatable bonds is 5. The molecule has 1 aromatic heterocycles. The second kappa shape index (κ2) is 7.42. The van der Waals surface area contributed by atoms with E-state index in [2.05, 4.69) is 4.98 Å². The summed E-state index contributed by atoms with van der Waals surface area (Å²) in [5.41, 5.74) is 1.66. The van der Waals surface area contributed by atoms with Crippen molar-refractivity contribution in [2.45, 2.75) is 25.3 Å². The Morgan fingerprint density at radius 3 is 2.60 bits per heavy atom. The first-order valence-corrected chi connectivity index (χ1v) is 8.28. The average Bonchev–Trinajstić information content (AvgIpc) is 3.02. The normalized spacial score (nSPS) is 17.0. The summed E-state index contributed by atoms with van der Waals surface area (Å²) in [5, 5.41) is 0. The maximum Gasteiger partial charge on any atom is 0.245 e. The summed E-state index contributed by atoms with van der Waals surface area (Å²) in [6, 6.07) is 8.99. The number of halogens is 1. The van der Waals surface area contributed by atoms with E-state index in [4.69, 9.17) is 0 Å². The summed E-state index contributed by atoms with van der Waals surface area (Å²) < 4.78 is 13.1. The number of anilines is 1. The van der Waals surface area contributed by atoms with Crippen molar-refractivity contribution in [1.29, 1.82) is 0 Å². The van der Waals surface area contributed by atoms with Gasteiger partial charge in [-0.05, 0) is 54.8 Å². The van der Waals surface area contributed by atoms with Crippen molar-refractivity contribution >= 4 is 17.5 Å². The van der Waals surface area contributed by atoms with Crippen LogP contribution < -0.4 is 4.90 Å². The zero-order valence-electron chi connectivity index (χ0n) is 14.1. The fourth-order valence-corrected chi connectivity index (χ4v) is 3.05. The molecule has 5 nitrogen and oxygen atoms in total. The molecule has 0 radical (unpaired) electrons. The molecule has 0 spiro atoms. The summed E-state index contributed by atoms with van der Waals surface area (Å²) >= 11 is 0. The van der Waals surface area contributed by atoms with Crippen molar-refractivity contribution in [2.24, 2.45) is 0 Å². The number of pyridine rings is 1. The summed E-state index contributed by atoms with van der Waals surface area (Å²) in [7, 11) is 1.75. The van der Waals surface area contributed by atoms with Crippen LogP contribution in [0.1, 0.15) is 18.4 Å². The van der Waals surface area contributed by atoms with Gasteiger partial charge in [0, 0.05) is 38.1 Å². The van der Waals surface area contributed by atoms with Gasteiger partial charge in [-0.2, -0.15) is 0 Å². The van der Waals surface area contributed by atoms with Crippen LogP contribution in [0.2, 0.25) is 0 Å². The molecule has 6 heteroatoms. The van der Waals surface area contributed by atoms with Crippen LogP contribution in [0.25, 0.3) is 0 Å². The van der Waals surface area contributed by atoms with Crippen LogP contribution in [-0.2, 0) is 16.0 Å². The summed E-state index contributed by atoms with van der Waals surface area (Å²) in [6.45, 7) is 0.560. The molecule has 25 heavy (non-hydrogen) atoms.